The second kappa shape index (κ2) is 6.30. The Balaban J connectivity index is 2.65. The summed E-state index contributed by atoms with van der Waals surface area (Å²) < 4.78 is 0.701. The van der Waals surface area contributed by atoms with Crippen LogP contribution in [0, 0.1) is 30.3 Å². The van der Waals surface area contributed by atoms with E-state index in [-0.39, 0.29) is 5.56 Å². The highest BCUT2D eigenvalue weighted by Gasteiger charge is 2.14. The summed E-state index contributed by atoms with van der Waals surface area (Å²) in [5.41, 5.74) is 5.40. The Hall–Kier alpha value is -1.17. The summed E-state index contributed by atoms with van der Waals surface area (Å²) in [6.07, 6.45) is 0.819. The molecule has 0 amide bonds. The van der Waals surface area contributed by atoms with Gasteiger partial charge in [0.15, 0.2) is 0 Å². The van der Waals surface area contributed by atoms with Crippen molar-refractivity contribution < 1.29 is 0 Å². The molecule has 0 aliphatic rings. The fraction of sp³-hybridized carbons (Fsp3) is 0.412. The first-order chi connectivity index (χ1) is 9.79. The molecule has 0 saturated carbocycles. The molecule has 0 unspecified atom stereocenters. The first kappa shape index (κ1) is 16.2. The number of nitrogens with one attached hydrogen (secondary N) is 1. The summed E-state index contributed by atoms with van der Waals surface area (Å²) in [7, 11) is 0. The van der Waals surface area contributed by atoms with E-state index in [1.807, 2.05) is 0 Å². The highest BCUT2D eigenvalue weighted by Crippen LogP contribution is 2.26. The third kappa shape index (κ3) is 3.54. The minimum atomic E-state index is -0.0457. The molecule has 112 valence electrons. The van der Waals surface area contributed by atoms with E-state index in [1.54, 1.807) is 0 Å². The average molecular weight is 396 g/mol. The number of H-pyrrole nitrogens is 1. The number of nitrogens with zero attached hydrogens (tertiary/aromatic N) is 1. The Bertz CT molecular complexity index is 709. The van der Waals surface area contributed by atoms with Gasteiger partial charge in [0.1, 0.15) is 5.82 Å². The predicted octanol–water partition coefficient (Wildman–Crippen LogP) is 4.17. The van der Waals surface area contributed by atoms with Crippen LogP contribution in [0.1, 0.15) is 36.2 Å². The molecule has 0 aliphatic heterocycles. The fourth-order valence-corrected chi connectivity index (χ4v) is 3.17. The van der Waals surface area contributed by atoms with Gasteiger partial charge in [-0.15, -0.1) is 0 Å². The van der Waals surface area contributed by atoms with E-state index in [4.69, 9.17) is 4.98 Å². The molecule has 1 aromatic carbocycles. The third-order valence-electron chi connectivity index (χ3n) is 3.45. The number of aromatic amines is 1. The van der Waals surface area contributed by atoms with Gasteiger partial charge >= 0.3 is 0 Å². The summed E-state index contributed by atoms with van der Waals surface area (Å²) in [6.45, 7) is 10.5. The van der Waals surface area contributed by atoms with Gasteiger partial charge in [-0.2, -0.15) is 0 Å². The van der Waals surface area contributed by atoms with Crippen molar-refractivity contribution in [2.75, 3.05) is 0 Å². The van der Waals surface area contributed by atoms with Crippen molar-refractivity contribution in [3.63, 3.8) is 0 Å². The summed E-state index contributed by atoms with van der Waals surface area (Å²) in [5.74, 6) is 1.16. The zero-order valence-electron chi connectivity index (χ0n) is 13.2. The highest BCUT2D eigenvalue weighted by atomic mass is 127. The van der Waals surface area contributed by atoms with Crippen LogP contribution in [0.5, 0.6) is 0 Å². The SMILES string of the molecule is Cc1cc(C)c(-c2nc(CC(C)C)c(I)c(=O)[nH]2)c(C)c1. The summed E-state index contributed by atoms with van der Waals surface area (Å²) in [5, 5.41) is 0. The lowest BCUT2D eigenvalue weighted by Crippen LogP contribution is -2.18. The zero-order valence-corrected chi connectivity index (χ0v) is 15.3. The van der Waals surface area contributed by atoms with Crippen molar-refractivity contribution in [1.29, 1.82) is 0 Å². The lowest BCUT2D eigenvalue weighted by atomic mass is 9.99. The summed E-state index contributed by atoms with van der Waals surface area (Å²) >= 11 is 2.09. The normalized spacial score (nSPS) is 11.2. The minimum Gasteiger partial charge on any atom is -0.306 e. The quantitative estimate of drug-likeness (QED) is 0.792. The number of rotatable bonds is 3. The minimum absolute atomic E-state index is 0.0457. The van der Waals surface area contributed by atoms with E-state index in [0.29, 0.717) is 15.3 Å². The molecular formula is C17H21IN2O. The van der Waals surface area contributed by atoms with E-state index in [2.05, 4.69) is 74.3 Å². The maximum absolute atomic E-state index is 12.2. The Morgan fingerprint density at radius 2 is 1.76 bits per heavy atom. The Labute approximate surface area is 139 Å². The van der Waals surface area contributed by atoms with Crippen molar-refractivity contribution in [3.8, 4) is 11.4 Å². The average Bonchev–Trinajstić information content (AvgIpc) is 2.33. The van der Waals surface area contributed by atoms with Crippen LogP contribution in [0.15, 0.2) is 16.9 Å². The molecule has 0 radical (unpaired) electrons. The van der Waals surface area contributed by atoms with Gasteiger partial charge in [0, 0.05) is 5.56 Å². The van der Waals surface area contributed by atoms with E-state index in [9.17, 15) is 4.79 Å². The van der Waals surface area contributed by atoms with Gasteiger partial charge in [0.05, 0.1) is 9.26 Å². The van der Waals surface area contributed by atoms with Crippen LogP contribution in [0.4, 0.5) is 0 Å². The molecule has 4 heteroatoms. The second-order valence-electron chi connectivity index (χ2n) is 6.05. The molecular weight excluding hydrogens is 375 g/mol. The van der Waals surface area contributed by atoms with Crippen LogP contribution in [0.2, 0.25) is 0 Å². The predicted molar refractivity (Wildman–Crippen MR) is 95.8 cm³/mol. The second-order valence-corrected chi connectivity index (χ2v) is 7.13. The molecule has 2 rings (SSSR count). The van der Waals surface area contributed by atoms with E-state index >= 15 is 0 Å². The van der Waals surface area contributed by atoms with Crippen molar-refractivity contribution in [3.05, 3.63) is 48.4 Å². The Morgan fingerprint density at radius 3 is 2.29 bits per heavy atom. The molecule has 3 nitrogen and oxygen atoms in total. The van der Waals surface area contributed by atoms with Gasteiger partial charge in [-0.25, -0.2) is 4.98 Å². The zero-order chi connectivity index (χ0) is 15.7. The van der Waals surface area contributed by atoms with Gasteiger partial charge in [-0.3, -0.25) is 4.79 Å². The lowest BCUT2D eigenvalue weighted by Gasteiger charge is -2.13. The van der Waals surface area contributed by atoms with Crippen molar-refractivity contribution in [2.45, 2.75) is 41.0 Å². The number of hydrogen-bond acceptors (Lipinski definition) is 2. The van der Waals surface area contributed by atoms with Crippen molar-refractivity contribution >= 4 is 22.6 Å². The lowest BCUT2D eigenvalue weighted by molar-refractivity contribution is 0.631. The third-order valence-corrected chi connectivity index (χ3v) is 4.56. The van der Waals surface area contributed by atoms with Gasteiger partial charge in [0.2, 0.25) is 0 Å². The van der Waals surface area contributed by atoms with Crippen molar-refractivity contribution in [2.24, 2.45) is 5.92 Å². The highest BCUT2D eigenvalue weighted by molar-refractivity contribution is 14.1. The molecule has 0 aliphatic carbocycles. The van der Waals surface area contributed by atoms with Crippen LogP contribution in [0.3, 0.4) is 0 Å². The van der Waals surface area contributed by atoms with Gasteiger partial charge in [-0.05, 0) is 66.8 Å². The molecule has 1 N–H and O–H groups in total. The first-order valence-corrected chi connectivity index (χ1v) is 8.24. The van der Waals surface area contributed by atoms with Crippen molar-refractivity contribution in [1.82, 2.24) is 9.97 Å². The topological polar surface area (TPSA) is 45.8 Å². The fourth-order valence-electron chi connectivity index (χ4n) is 2.70. The molecule has 0 saturated heterocycles. The van der Waals surface area contributed by atoms with E-state index in [0.717, 1.165) is 28.8 Å². The molecule has 0 atom stereocenters. The Morgan fingerprint density at radius 1 is 1.19 bits per heavy atom. The van der Waals surface area contributed by atoms with Crippen LogP contribution in [-0.4, -0.2) is 9.97 Å². The summed E-state index contributed by atoms with van der Waals surface area (Å²) in [6, 6.07) is 4.25. The number of hydrogen-bond donors (Lipinski definition) is 1. The molecule has 21 heavy (non-hydrogen) atoms. The van der Waals surface area contributed by atoms with Crippen LogP contribution in [0.25, 0.3) is 11.4 Å². The largest absolute Gasteiger partial charge is 0.306 e. The number of aryl methyl sites for hydroxylation is 3. The van der Waals surface area contributed by atoms with Crippen LogP contribution < -0.4 is 5.56 Å². The van der Waals surface area contributed by atoms with E-state index in [1.165, 1.54) is 5.56 Å². The molecule has 2 aromatic rings. The maximum atomic E-state index is 12.2. The maximum Gasteiger partial charge on any atom is 0.264 e. The van der Waals surface area contributed by atoms with Crippen LogP contribution >= 0.6 is 22.6 Å². The smallest absolute Gasteiger partial charge is 0.264 e. The number of aromatic nitrogens is 2. The molecule has 0 bridgehead atoms. The summed E-state index contributed by atoms with van der Waals surface area (Å²) in [4.78, 5) is 19.9. The van der Waals surface area contributed by atoms with Gasteiger partial charge in [0.25, 0.3) is 5.56 Å². The number of benzene rings is 1. The van der Waals surface area contributed by atoms with Gasteiger partial charge < -0.3 is 4.98 Å². The van der Waals surface area contributed by atoms with Crippen LogP contribution in [-0.2, 0) is 6.42 Å². The molecule has 0 fully saturated rings. The molecule has 1 aromatic heterocycles. The molecule has 0 spiro atoms. The Kier molecular flexibility index (Phi) is 4.86. The standard InChI is InChI=1S/C17H21IN2O/c1-9(2)6-13-15(18)17(21)20-16(19-13)14-11(4)7-10(3)8-12(14)5/h7-9H,6H2,1-5H3,(H,19,20,21). The monoisotopic (exact) mass is 396 g/mol. The van der Waals surface area contributed by atoms with E-state index < -0.39 is 0 Å². The van der Waals surface area contributed by atoms with Gasteiger partial charge in [-0.1, -0.05) is 31.5 Å². The first-order valence-electron chi connectivity index (χ1n) is 7.16. The number of halogens is 1. The molecule has 1 heterocycles.